The molecule has 0 atom stereocenters. The number of aromatic nitrogens is 2. The highest BCUT2D eigenvalue weighted by atomic mass is 79.9. The van der Waals surface area contributed by atoms with Crippen molar-refractivity contribution in [2.45, 2.75) is 90.9 Å². The number of amides is 4. The molecule has 4 aromatic rings. The molecule has 0 spiro atoms. The molecular weight excluding hydrogens is 893 g/mol. The Kier molecular flexibility index (Phi) is 16.5. The van der Waals surface area contributed by atoms with E-state index in [4.69, 9.17) is 10.2 Å². The summed E-state index contributed by atoms with van der Waals surface area (Å²) in [6.07, 6.45) is 6.15. The molecule has 6 N–H and O–H groups in total. The van der Waals surface area contributed by atoms with Crippen molar-refractivity contribution >= 4 is 107 Å². The van der Waals surface area contributed by atoms with Crippen LogP contribution in [0.1, 0.15) is 107 Å². The minimum Gasteiger partial charge on any atom is -0.481 e. The Morgan fingerprint density at radius 3 is 1.54 bits per heavy atom. The topological polar surface area (TPSA) is 251 Å². The molecule has 0 bridgehead atoms. The maximum atomic E-state index is 12.9. The van der Waals surface area contributed by atoms with Crippen LogP contribution in [0.15, 0.2) is 45.6 Å². The molecule has 2 aromatic carbocycles. The van der Waals surface area contributed by atoms with Crippen LogP contribution in [0.4, 0.5) is 21.6 Å². The van der Waals surface area contributed by atoms with Gasteiger partial charge < -0.3 is 31.5 Å². The molecule has 0 radical (unpaired) electrons. The SMILES string of the molecule is Cc1ccc(NC(=O)CC(=O)Nc2nc(CC(=O)O)c(Br)s2)c(C(=O)C2CCCC2)c1.Cc1ccc(NC(=O)CC(=O)Nc2nc(CC(=O)O)cs2)c(C(=O)C2CCCC2)c1. The molecule has 61 heavy (non-hydrogen) atoms. The van der Waals surface area contributed by atoms with Gasteiger partial charge in [-0.3, -0.25) is 38.4 Å². The van der Waals surface area contributed by atoms with Crippen LogP contribution in [0.3, 0.4) is 0 Å². The van der Waals surface area contributed by atoms with Crippen molar-refractivity contribution in [1.29, 1.82) is 0 Å². The molecule has 0 aliphatic heterocycles. The number of carboxylic acids is 2. The van der Waals surface area contributed by atoms with E-state index in [9.17, 15) is 38.4 Å². The standard InChI is InChI=1S/C21H22BrN3O5S.C21H23N3O5S/c1-11-6-7-14(13(8-11)19(30)12-4-2-3-5-12)23-16(26)10-17(27)25-21-24-15(9-18(28)29)20(22)31-21;1-12-6-7-16(15(8-12)20(29)13-4-2-3-5-13)23-17(25)10-18(26)24-21-22-14(11-30-21)9-19(27)28/h6-8,12H,2-5,9-10H2,1H3,(H,23,26)(H,28,29)(H,24,25,27);6-8,11,13H,2-5,9-10H2,1H3,(H,23,25)(H,27,28)(H,22,24,26). The number of ketones is 2. The number of aryl methyl sites for hydroxylation is 2. The van der Waals surface area contributed by atoms with Crippen LogP contribution in [0, 0.1) is 25.7 Å². The summed E-state index contributed by atoms with van der Waals surface area (Å²) in [6, 6.07) is 10.5. The molecular formula is C42H45BrN6O10S2. The highest BCUT2D eigenvalue weighted by molar-refractivity contribution is 9.11. The van der Waals surface area contributed by atoms with Crippen LogP contribution >= 0.6 is 38.6 Å². The number of Topliss-reactive ketones (excluding diaryl/α,β-unsaturated/α-hetero) is 2. The molecule has 2 saturated carbocycles. The van der Waals surface area contributed by atoms with Crippen molar-refractivity contribution in [3.63, 3.8) is 0 Å². The summed E-state index contributed by atoms with van der Waals surface area (Å²) in [4.78, 5) is 105. The van der Waals surface area contributed by atoms with E-state index in [0.29, 0.717) is 37.7 Å². The number of nitrogens with zero attached hydrogens (tertiary/aromatic N) is 2. The van der Waals surface area contributed by atoms with Crippen molar-refractivity contribution in [3.05, 3.63) is 79.2 Å². The lowest BCUT2D eigenvalue weighted by Crippen LogP contribution is -2.23. The fraction of sp³-hybridized carbons (Fsp3) is 0.381. The molecule has 0 saturated heterocycles. The number of aliphatic carboxylic acids is 2. The molecule has 19 heteroatoms. The molecule has 4 amide bonds. The quantitative estimate of drug-likeness (QED) is 0.0469. The Balaban J connectivity index is 0.000000231. The lowest BCUT2D eigenvalue weighted by atomic mass is 9.94. The van der Waals surface area contributed by atoms with Gasteiger partial charge in [0.2, 0.25) is 23.6 Å². The smallest absolute Gasteiger partial charge is 0.309 e. The third kappa shape index (κ3) is 13.9. The van der Waals surface area contributed by atoms with Gasteiger partial charge in [-0.15, -0.1) is 11.3 Å². The Morgan fingerprint density at radius 2 is 1.08 bits per heavy atom. The maximum Gasteiger partial charge on any atom is 0.309 e. The minimum absolute atomic E-state index is 0.0179. The number of carbonyl (C=O) groups is 8. The van der Waals surface area contributed by atoms with Crippen LogP contribution in [-0.4, -0.2) is 67.3 Å². The molecule has 2 aliphatic rings. The zero-order chi connectivity index (χ0) is 44.2. The zero-order valence-corrected chi connectivity index (χ0v) is 36.6. The number of anilines is 4. The predicted octanol–water partition coefficient (Wildman–Crippen LogP) is 7.60. The lowest BCUT2D eigenvalue weighted by molar-refractivity contribution is -0.137. The van der Waals surface area contributed by atoms with Gasteiger partial charge in [0.15, 0.2) is 21.8 Å². The average Bonchev–Trinajstić information content (AvgIpc) is 4.03. The first-order valence-corrected chi connectivity index (χ1v) is 22.1. The largest absolute Gasteiger partial charge is 0.481 e. The summed E-state index contributed by atoms with van der Waals surface area (Å²) in [5, 5.41) is 30.0. The Labute approximate surface area is 367 Å². The van der Waals surface area contributed by atoms with E-state index >= 15 is 0 Å². The number of nitrogens with one attached hydrogen (secondary N) is 4. The Hall–Kier alpha value is -5.66. The summed E-state index contributed by atoms with van der Waals surface area (Å²) in [5.41, 5.74) is 4.25. The molecule has 6 rings (SSSR count). The van der Waals surface area contributed by atoms with E-state index < -0.39 is 48.4 Å². The number of halogens is 1. The number of thiazole rings is 2. The predicted molar refractivity (Wildman–Crippen MR) is 233 cm³/mol. The summed E-state index contributed by atoms with van der Waals surface area (Å²) in [7, 11) is 0. The van der Waals surface area contributed by atoms with Gasteiger partial charge in [-0.05, 0) is 79.7 Å². The van der Waals surface area contributed by atoms with Crippen LogP contribution in [0.5, 0.6) is 0 Å². The highest BCUT2D eigenvalue weighted by Crippen LogP contribution is 2.33. The van der Waals surface area contributed by atoms with E-state index in [2.05, 4.69) is 47.2 Å². The van der Waals surface area contributed by atoms with Crippen molar-refractivity contribution in [2.75, 3.05) is 21.3 Å². The fourth-order valence-corrected chi connectivity index (χ4v) is 9.15. The summed E-state index contributed by atoms with van der Waals surface area (Å²) in [5.74, 6) is -4.29. The molecule has 2 aromatic heterocycles. The Bertz CT molecular complexity index is 2330. The van der Waals surface area contributed by atoms with Crippen LogP contribution in [-0.2, 0) is 41.6 Å². The fourth-order valence-electron chi connectivity index (χ4n) is 7.00. The number of carbonyl (C=O) groups excluding carboxylic acids is 6. The maximum absolute atomic E-state index is 12.9. The van der Waals surface area contributed by atoms with Gasteiger partial charge >= 0.3 is 11.9 Å². The third-order valence-corrected chi connectivity index (χ3v) is 12.4. The second-order valence-electron chi connectivity index (χ2n) is 14.9. The third-order valence-electron chi connectivity index (χ3n) is 9.87. The molecule has 0 unspecified atom stereocenters. The van der Waals surface area contributed by atoms with E-state index in [1.54, 1.807) is 36.4 Å². The van der Waals surface area contributed by atoms with Gasteiger partial charge in [0.25, 0.3) is 0 Å². The van der Waals surface area contributed by atoms with Gasteiger partial charge in [-0.25, -0.2) is 9.97 Å². The van der Waals surface area contributed by atoms with E-state index in [1.807, 2.05) is 13.8 Å². The lowest BCUT2D eigenvalue weighted by Gasteiger charge is -2.14. The molecule has 2 fully saturated rings. The van der Waals surface area contributed by atoms with E-state index in [-0.39, 0.29) is 46.5 Å². The molecule has 322 valence electrons. The van der Waals surface area contributed by atoms with Gasteiger partial charge in [-0.2, -0.15) is 0 Å². The number of rotatable bonds is 16. The summed E-state index contributed by atoms with van der Waals surface area (Å²) >= 11 is 5.38. The van der Waals surface area contributed by atoms with Gasteiger partial charge in [0.1, 0.15) is 12.8 Å². The van der Waals surface area contributed by atoms with Crippen molar-refractivity contribution in [1.82, 2.24) is 9.97 Å². The van der Waals surface area contributed by atoms with Gasteiger partial charge in [-0.1, -0.05) is 60.3 Å². The van der Waals surface area contributed by atoms with Crippen molar-refractivity contribution in [2.24, 2.45) is 11.8 Å². The van der Waals surface area contributed by atoms with Crippen LogP contribution in [0.25, 0.3) is 0 Å². The second-order valence-corrected chi connectivity index (χ2v) is 18.0. The normalized spacial score (nSPS) is 13.8. The van der Waals surface area contributed by atoms with E-state index in [1.165, 1.54) is 5.38 Å². The second kappa shape index (κ2) is 21.7. The van der Waals surface area contributed by atoms with Crippen LogP contribution < -0.4 is 21.3 Å². The number of benzene rings is 2. The number of hydrogen-bond donors (Lipinski definition) is 6. The van der Waals surface area contributed by atoms with E-state index in [0.717, 1.165) is 85.2 Å². The monoisotopic (exact) mass is 936 g/mol. The average molecular weight is 938 g/mol. The molecule has 2 heterocycles. The number of hydrogen-bond acceptors (Lipinski definition) is 12. The van der Waals surface area contributed by atoms with Crippen LogP contribution in [0.2, 0.25) is 0 Å². The van der Waals surface area contributed by atoms with Crippen molar-refractivity contribution < 1.29 is 48.6 Å². The van der Waals surface area contributed by atoms with Crippen molar-refractivity contribution in [3.8, 4) is 0 Å². The first kappa shape index (κ1) is 46.4. The number of carboxylic acid groups (broad SMARTS) is 2. The summed E-state index contributed by atoms with van der Waals surface area (Å²) in [6.45, 7) is 3.77. The zero-order valence-electron chi connectivity index (χ0n) is 33.4. The summed E-state index contributed by atoms with van der Waals surface area (Å²) < 4.78 is 0.504. The first-order valence-electron chi connectivity index (χ1n) is 19.6. The minimum atomic E-state index is -1.04. The molecule has 16 nitrogen and oxygen atoms in total. The first-order chi connectivity index (χ1) is 29.0. The highest BCUT2D eigenvalue weighted by Gasteiger charge is 2.28. The van der Waals surface area contributed by atoms with Gasteiger partial charge in [0, 0.05) is 28.3 Å². The Morgan fingerprint density at radius 1 is 0.639 bits per heavy atom. The van der Waals surface area contributed by atoms with Gasteiger partial charge in [0.05, 0.1) is 39.4 Å². The molecule has 2 aliphatic carbocycles.